The standard InChI is InChI=1S/C12H8Cl3N3O/c13-8-2-1-7(5-9(8)14)17-12(19)6-3-10(15)18-11(16)4-6/h1-5H,(H2,16,18)(H,17,19). The molecular weight excluding hydrogens is 309 g/mol. The third-order valence-electron chi connectivity index (χ3n) is 2.25. The van der Waals surface area contributed by atoms with Crippen molar-refractivity contribution in [3.8, 4) is 0 Å². The Morgan fingerprint density at radius 2 is 1.84 bits per heavy atom. The van der Waals surface area contributed by atoms with Crippen molar-refractivity contribution in [2.45, 2.75) is 0 Å². The van der Waals surface area contributed by atoms with E-state index in [1.54, 1.807) is 18.2 Å². The number of halogens is 3. The Kier molecular flexibility index (Phi) is 4.14. The summed E-state index contributed by atoms with van der Waals surface area (Å²) in [6, 6.07) is 7.63. The van der Waals surface area contributed by atoms with Crippen LogP contribution in [0.3, 0.4) is 0 Å². The molecule has 0 aliphatic carbocycles. The molecule has 0 spiro atoms. The number of anilines is 2. The number of hydrogen-bond acceptors (Lipinski definition) is 3. The summed E-state index contributed by atoms with van der Waals surface area (Å²) in [5.74, 6) is -0.193. The Morgan fingerprint density at radius 1 is 1.11 bits per heavy atom. The summed E-state index contributed by atoms with van der Waals surface area (Å²) in [5.41, 5.74) is 6.35. The lowest BCUT2D eigenvalue weighted by Gasteiger charge is -2.07. The highest BCUT2D eigenvalue weighted by Crippen LogP contribution is 2.25. The van der Waals surface area contributed by atoms with E-state index in [2.05, 4.69) is 10.3 Å². The van der Waals surface area contributed by atoms with Crippen molar-refractivity contribution in [1.29, 1.82) is 0 Å². The number of carbonyl (C=O) groups is 1. The normalized spacial score (nSPS) is 10.3. The minimum absolute atomic E-state index is 0.152. The molecule has 2 rings (SSSR count). The molecule has 0 saturated carbocycles. The molecule has 0 unspecified atom stereocenters. The maximum Gasteiger partial charge on any atom is 0.255 e. The Morgan fingerprint density at radius 3 is 2.47 bits per heavy atom. The lowest BCUT2D eigenvalue weighted by molar-refractivity contribution is 0.102. The summed E-state index contributed by atoms with van der Waals surface area (Å²) >= 11 is 17.4. The molecule has 0 atom stereocenters. The smallest absolute Gasteiger partial charge is 0.255 e. The molecule has 0 bridgehead atoms. The van der Waals surface area contributed by atoms with Crippen molar-refractivity contribution in [1.82, 2.24) is 4.98 Å². The van der Waals surface area contributed by atoms with Crippen molar-refractivity contribution >= 4 is 52.2 Å². The van der Waals surface area contributed by atoms with Gasteiger partial charge in [-0.05, 0) is 30.3 Å². The van der Waals surface area contributed by atoms with Crippen molar-refractivity contribution in [2.24, 2.45) is 0 Å². The minimum Gasteiger partial charge on any atom is -0.384 e. The van der Waals surface area contributed by atoms with Gasteiger partial charge in [-0.25, -0.2) is 4.98 Å². The van der Waals surface area contributed by atoms with Gasteiger partial charge in [0.1, 0.15) is 11.0 Å². The number of amides is 1. The second-order valence-electron chi connectivity index (χ2n) is 3.69. The Labute approximate surface area is 124 Å². The molecule has 0 aliphatic rings. The van der Waals surface area contributed by atoms with E-state index in [0.29, 0.717) is 21.3 Å². The highest BCUT2D eigenvalue weighted by Gasteiger charge is 2.09. The van der Waals surface area contributed by atoms with E-state index in [9.17, 15) is 4.79 Å². The lowest BCUT2D eigenvalue weighted by Crippen LogP contribution is -2.12. The number of carbonyl (C=O) groups excluding carboxylic acids is 1. The Balaban J connectivity index is 2.22. The van der Waals surface area contributed by atoms with Gasteiger partial charge in [0.05, 0.1) is 10.0 Å². The summed E-state index contributed by atoms with van der Waals surface area (Å²) in [6.45, 7) is 0. The van der Waals surface area contributed by atoms with Crippen molar-refractivity contribution in [2.75, 3.05) is 11.1 Å². The average molecular weight is 317 g/mol. The summed E-state index contributed by atoms with van der Waals surface area (Å²) < 4.78 is 0. The topological polar surface area (TPSA) is 68.0 Å². The number of benzene rings is 1. The number of nitrogen functional groups attached to an aromatic ring is 1. The van der Waals surface area contributed by atoms with E-state index in [1.165, 1.54) is 12.1 Å². The molecule has 1 aromatic heterocycles. The van der Waals surface area contributed by atoms with Crippen LogP contribution in [0.4, 0.5) is 11.5 Å². The van der Waals surface area contributed by atoms with E-state index < -0.39 is 0 Å². The number of aromatic nitrogens is 1. The van der Waals surface area contributed by atoms with Crippen LogP contribution in [0.1, 0.15) is 10.4 Å². The molecule has 98 valence electrons. The molecular formula is C12H8Cl3N3O. The number of hydrogen-bond donors (Lipinski definition) is 2. The van der Waals surface area contributed by atoms with Gasteiger partial charge in [0.2, 0.25) is 0 Å². The highest BCUT2D eigenvalue weighted by atomic mass is 35.5. The molecule has 0 saturated heterocycles. The molecule has 0 aliphatic heterocycles. The highest BCUT2D eigenvalue weighted by molar-refractivity contribution is 6.42. The molecule has 1 heterocycles. The van der Waals surface area contributed by atoms with Gasteiger partial charge in [-0.3, -0.25) is 4.79 Å². The SMILES string of the molecule is Nc1cc(C(=O)Nc2ccc(Cl)c(Cl)c2)cc(Cl)n1. The van der Waals surface area contributed by atoms with Crippen LogP contribution in [0, 0.1) is 0 Å². The van der Waals surface area contributed by atoms with Gasteiger partial charge < -0.3 is 11.1 Å². The molecule has 0 radical (unpaired) electrons. The second kappa shape index (κ2) is 5.65. The molecule has 19 heavy (non-hydrogen) atoms. The van der Waals surface area contributed by atoms with Gasteiger partial charge in [-0.2, -0.15) is 0 Å². The predicted molar refractivity (Wildman–Crippen MR) is 78.1 cm³/mol. The first-order valence-corrected chi connectivity index (χ1v) is 6.28. The molecule has 1 amide bonds. The molecule has 7 heteroatoms. The quantitative estimate of drug-likeness (QED) is 0.826. The number of nitrogens with zero attached hydrogens (tertiary/aromatic N) is 1. The molecule has 2 aromatic rings. The van der Waals surface area contributed by atoms with Crippen LogP contribution in [-0.2, 0) is 0 Å². The predicted octanol–water partition coefficient (Wildman–Crippen LogP) is 3.88. The first kappa shape index (κ1) is 13.9. The van der Waals surface area contributed by atoms with Crippen molar-refractivity contribution < 1.29 is 4.79 Å². The van der Waals surface area contributed by atoms with Crippen LogP contribution in [-0.4, -0.2) is 10.9 Å². The van der Waals surface area contributed by atoms with Crippen LogP contribution in [0.25, 0.3) is 0 Å². The van der Waals surface area contributed by atoms with E-state index in [1.807, 2.05) is 0 Å². The van der Waals surface area contributed by atoms with E-state index in [0.717, 1.165) is 0 Å². The number of pyridine rings is 1. The van der Waals surface area contributed by atoms with Gasteiger partial charge in [-0.1, -0.05) is 34.8 Å². The summed E-state index contributed by atoms with van der Waals surface area (Å²) in [5, 5.41) is 3.58. The van der Waals surface area contributed by atoms with Crippen molar-refractivity contribution in [3.05, 3.63) is 51.1 Å². The number of nitrogens with two attached hydrogens (primary N) is 1. The zero-order chi connectivity index (χ0) is 14.0. The first-order chi connectivity index (χ1) is 8.95. The molecule has 3 N–H and O–H groups in total. The third-order valence-corrected chi connectivity index (χ3v) is 3.19. The van der Waals surface area contributed by atoms with Crippen LogP contribution >= 0.6 is 34.8 Å². The van der Waals surface area contributed by atoms with Crippen molar-refractivity contribution in [3.63, 3.8) is 0 Å². The van der Waals surface area contributed by atoms with E-state index in [4.69, 9.17) is 40.5 Å². The van der Waals surface area contributed by atoms with Gasteiger partial charge >= 0.3 is 0 Å². The molecule has 0 fully saturated rings. The van der Waals surface area contributed by atoms with E-state index >= 15 is 0 Å². The third kappa shape index (κ3) is 3.50. The van der Waals surface area contributed by atoms with Gasteiger partial charge in [0, 0.05) is 11.3 Å². The van der Waals surface area contributed by atoms with Gasteiger partial charge in [0.25, 0.3) is 5.91 Å². The van der Waals surface area contributed by atoms with Crippen LogP contribution in [0.15, 0.2) is 30.3 Å². The van der Waals surface area contributed by atoms with Crippen LogP contribution in [0.5, 0.6) is 0 Å². The number of rotatable bonds is 2. The Hall–Kier alpha value is -1.49. The summed E-state index contributed by atoms with van der Waals surface area (Å²) in [7, 11) is 0. The van der Waals surface area contributed by atoms with E-state index in [-0.39, 0.29) is 16.9 Å². The number of nitrogens with one attached hydrogen (secondary N) is 1. The monoisotopic (exact) mass is 315 g/mol. The van der Waals surface area contributed by atoms with Gasteiger partial charge in [0.15, 0.2) is 0 Å². The lowest BCUT2D eigenvalue weighted by atomic mass is 10.2. The fraction of sp³-hybridized carbons (Fsp3) is 0. The largest absolute Gasteiger partial charge is 0.384 e. The summed E-state index contributed by atoms with van der Waals surface area (Å²) in [6.07, 6.45) is 0. The van der Waals surface area contributed by atoms with Crippen LogP contribution < -0.4 is 11.1 Å². The zero-order valence-electron chi connectivity index (χ0n) is 9.45. The minimum atomic E-state index is -0.366. The zero-order valence-corrected chi connectivity index (χ0v) is 11.7. The maximum atomic E-state index is 12.0. The summed E-state index contributed by atoms with van der Waals surface area (Å²) in [4.78, 5) is 15.8. The molecule has 4 nitrogen and oxygen atoms in total. The van der Waals surface area contributed by atoms with Gasteiger partial charge in [-0.15, -0.1) is 0 Å². The fourth-order valence-electron chi connectivity index (χ4n) is 1.43. The maximum absolute atomic E-state index is 12.0. The second-order valence-corrected chi connectivity index (χ2v) is 4.89. The molecule has 1 aromatic carbocycles. The Bertz CT molecular complexity index is 626. The first-order valence-electron chi connectivity index (χ1n) is 5.15. The fourth-order valence-corrected chi connectivity index (χ4v) is 1.94. The van der Waals surface area contributed by atoms with Crippen LogP contribution in [0.2, 0.25) is 15.2 Å². The average Bonchev–Trinajstić information content (AvgIpc) is 2.32.